The van der Waals surface area contributed by atoms with Gasteiger partial charge in [0.25, 0.3) is 0 Å². The molecule has 0 heterocycles. The van der Waals surface area contributed by atoms with Crippen LogP contribution in [0.4, 0.5) is 0 Å². The van der Waals surface area contributed by atoms with Gasteiger partial charge in [0.1, 0.15) is 18.1 Å². The molecule has 130 valence electrons. The SMILES string of the molecule is COc1ccc(S(=O)(=O)NCCOc2ccc3ccccc3c2)cc1. The van der Waals surface area contributed by atoms with E-state index in [9.17, 15) is 8.42 Å². The van der Waals surface area contributed by atoms with Gasteiger partial charge in [0, 0.05) is 6.54 Å². The van der Waals surface area contributed by atoms with Gasteiger partial charge in [-0.15, -0.1) is 0 Å². The second-order valence-corrected chi connectivity index (χ2v) is 7.20. The molecule has 0 spiro atoms. The van der Waals surface area contributed by atoms with Crippen LogP contribution in [0.2, 0.25) is 0 Å². The van der Waals surface area contributed by atoms with Gasteiger partial charge in [0.05, 0.1) is 12.0 Å². The summed E-state index contributed by atoms with van der Waals surface area (Å²) in [6, 6.07) is 20.0. The predicted octanol–water partition coefficient (Wildman–Crippen LogP) is 3.21. The largest absolute Gasteiger partial charge is 0.497 e. The molecule has 3 aromatic rings. The van der Waals surface area contributed by atoms with Gasteiger partial charge < -0.3 is 9.47 Å². The lowest BCUT2D eigenvalue weighted by Crippen LogP contribution is -2.28. The van der Waals surface area contributed by atoms with Gasteiger partial charge in [-0.2, -0.15) is 0 Å². The first-order valence-corrected chi connectivity index (χ1v) is 9.32. The van der Waals surface area contributed by atoms with Gasteiger partial charge in [-0.25, -0.2) is 13.1 Å². The fraction of sp³-hybridized carbons (Fsp3) is 0.158. The quantitative estimate of drug-likeness (QED) is 0.660. The molecule has 6 heteroatoms. The first kappa shape index (κ1) is 17.3. The van der Waals surface area contributed by atoms with Gasteiger partial charge in [0.15, 0.2) is 0 Å². The number of benzene rings is 3. The fourth-order valence-corrected chi connectivity index (χ4v) is 3.45. The van der Waals surface area contributed by atoms with Gasteiger partial charge in [-0.05, 0) is 47.2 Å². The van der Waals surface area contributed by atoms with E-state index in [0.29, 0.717) is 11.5 Å². The summed E-state index contributed by atoms with van der Waals surface area (Å²) in [6.07, 6.45) is 0. The van der Waals surface area contributed by atoms with E-state index in [0.717, 1.165) is 10.8 Å². The number of rotatable bonds is 7. The van der Waals surface area contributed by atoms with Gasteiger partial charge in [0.2, 0.25) is 10.0 Å². The van der Waals surface area contributed by atoms with Crippen LogP contribution in [0, 0.1) is 0 Å². The summed E-state index contributed by atoms with van der Waals surface area (Å²) in [6.45, 7) is 0.426. The molecule has 0 amide bonds. The Morgan fingerprint density at radius 3 is 2.28 bits per heavy atom. The fourth-order valence-electron chi connectivity index (χ4n) is 2.44. The molecule has 0 fully saturated rings. The molecular weight excluding hydrogens is 338 g/mol. The van der Waals surface area contributed by atoms with Crippen LogP contribution in [0.25, 0.3) is 10.8 Å². The highest BCUT2D eigenvalue weighted by Gasteiger charge is 2.13. The second kappa shape index (κ2) is 7.55. The molecule has 0 atom stereocenters. The first-order valence-electron chi connectivity index (χ1n) is 7.84. The smallest absolute Gasteiger partial charge is 0.240 e. The third-order valence-corrected chi connectivity index (χ3v) is 5.23. The minimum Gasteiger partial charge on any atom is -0.497 e. The summed E-state index contributed by atoms with van der Waals surface area (Å²) in [5, 5.41) is 2.22. The van der Waals surface area contributed by atoms with Gasteiger partial charge in [-0.1, -0.05) is 30.3 Å². The van der Waals surface area contributed by atoms with E-state index in [1.807, 2.05) is 42.5 Å². The lowest BCUT2D eigenvalue weighted by atomic mass is 10.1. The molecule has 25 heavy (non-hydrogen) atoms. The average Bonchev–Trinajstić information content (AvgIpc) is 2.65. The van der Waals surface area contributed by atoms with Gasteiger partial charge in [-0.3, -0.25) is 0 Å². The molecule has 0 saturated heterocycles. The van der Waals surface area contributed by atoms with Crippen LogP contribution >= 0.6 is 0 Å². The van der Waals surface area contributed by atoms with Crippen molar-refractivity contribution in [3.8, 4) is 11.5 Å². The molecule has 1 N–H and O–H groups in total. The van der Waals surface area contributed by atoms with Crippen molar-refractivity contribution in [3.63, 3.8) is 0 Å². The Morgan fingerprint density at radius 2 is 1.56 bits per heavy atom. The minimum atomic E-state index is -3.56. The molecule has 0 saturated carbocycles. The Morgan fingerprint density at radius 1 is 0.880 bits per heavy atom. The van der Waals surface area contributed by atoms with Crippen molar-refractivity contribution in [2.75, 3.05) is 20.3 Å². The zero-order chi connectivity index (χ0) is 17.7. The van der Waals surface area contributed by atoms with Crippen LogP contribution in [-0.4, -0.2) is 28.7 Å². The third-order valence-electron chi connectivity index (χ3n) is 3.75. The molecule has 0 radical (unpaired) electrons. The number of hydrogen-bond acceptors (Lipinski definition) is 4. The number of nitrogens with one attached hydrogen (secondary N) is 1. The van der Waals surface area contributed by atoms with Crippen LogP contribution in [0.1, 0.15) is 0 Å². The Balaban J connectivity index is 1.56. The van der Waals surface area contributed by atoms with Crippen molar-refractivity contribution in [1.29, 1.82) is 0 Å². The molecule has 0 aromatic heterocycles. The highest BCUT2D eigenvalue weighted by Crippen LogP contribution is 2.20. The van der Waals surface area contributed by atoms with Crippen molar-refractivity contribution >= 4 is 20.8 Å². The lowest BCUT2D eigenvalue weighted by Gasteiger charge is -2.09. The highest BCUT2D eigenvalue weighted by molar-refractivity contribution is 7.89. The Kier molecular flexibility index (Phi) is 5.21. The molecule has 3 rings (SSSR count). The molecule has 0 unspecified atom stereocenters. The zero-order valence-electron chi connectivity index (χ0n) is 13.8. The van der Waals surface area contributed by atoms with Gasteiger partial charge >= 0.3 is 0 Å². The van der Waals surface area contributed by atoms with Crippen molar-refractivity contribution < 1.29 is 17.9 Å². The van der Waals surface area contributed by atoms with Crippen molar-refractivity contribution in [2.24, 2.45) is 0 Å². The van der Waals surface area contributed by atoms with E-state index in [1.165, 1.54) is 19.2 Å². The standard InChI is InChI=1S/C19H19NO4S/c1-23-17-8-10-19(11-9-17)25(21,22)20-12-13-24-18-7-6-15-4-2-3-5-16(15)14-18/h2-11,14,20H,12-13H2,1H3. The van der Waals surface area contributed by atoms with E-state index in [-0.39, 0.29) is 18.0 Å². The molecule has 0 aliphatic carbocycles. The monoisotopic (exact) mass is 357 g/mol. The van der Waals surface area contributed by atoms with Crippen molar-refractivity contribution in [2.45, 2.75) is 4.90 Å². The third kappa shape index (κ3) is 4.29. The second-order valence-electron chi connectivity index (χ2n) is 5.43. The van der Waals surface area contributed by atoms with E-state index in [1.54, 1.807) is 12.1 Å². The summed E-state index contributed by atoms with van der Waals surface area (Å²) in [5.41, 5.74) is 0. The lowest BCUT2D eigenvalue weighted by molar-refractivity contribution is 0.323. The zero-order valence-corrected chi connectivity index (χ0v) is 14.6. The Hall–Kier alpha value is -2.57. The van der Waals surface area contributed by atoms with E-state index in [2.05, 4.69) is 4.72 Å². The van der Waals surface area contributed by atoms with Crippen LogP contribution < -0.4 is 14.2 Å². The number of fused-ring (bicyclic) bond motifs is 1. The average molecular weight is 357 g/mol. The first-order chi connectivity index (χ1) is 12.1. The molecular formula is C19H19NO4S. The number of methoxy groups -OCH3 is 1. The van der Waals surface area contributed by atoms with E-state index < -0.39 is 10.0 Å². The molecule has 0 bridgehead atoms. The summed E-state index contributed by atoms with van der Waals surface area (Å²) >= 11 is 0. The minimum absolute atomic E-state index is 0.182. The maximum atomic E-state index is 12.2. The molecule has 3 aromatic carbocycles. The number of ether oxygens (including phenoxy) is 2. The van der Waals surface area contributed by atoms with Crippen molar-refractivity contribution in [3.05, 3.63) is 66.7 Å². The predicted molar refractivity (Wildman–Crippen MR) is 97.6 cm³/mol. The topological polar surface area (TPSA) is 64.6 Å². The molecule has 0 aliphatic heterocycles. The molecule has 5 nitrogen and oxygen atoms in total. The highest BCUT2D eigenvalue weighted by atomic mass is 32.2. The summed E-state index contributed by atoms with van der Waals surface area (Å²) in [4.78, 5) is 0.194. The van der Waals surface area contributed by atoms with E-state index in [4.69, 9.17) is 9.47 Å². The maximum absolute atomic E-state index is 12.2. The number of hydrogen-bond donors (Lipinski definition) is 1. The van der Waals surface area contributed by atoms with Crippen LogP contribution in [0.3, 0.4) is 0 Å². The summed E-state index contributed by atoms with van der Waals surface area (Å²) < 4.78 is 37.6. The van der Waals surface area contributed by atoms with Crippen LogP contribution in [-0.2, 0) is 10.0 Å². The van der Waals surface area contributed by atoms with Crippen LogP contribution in [0.5, 0.6) is 11.5 Å². The number of sulfonamides is 1. The normalized spacial score (nSPS) is 11.4. The molecule has 0 aliphatic rings. The Labute approximate surface area is 147 Å². The Bertz CT molecular complexity index is 953. The summed E-state index contributed by atoms with van der Waals surface area (Å²) in [7, 11) is -2.03. The van der Waals surface area contributed by atoms with E-state index >= 15 is 0 Å². The van der Waals surface area contributed by atoms with Crippen molar-refractivity contribution in [1.82, 2.24) is 4.72 Å². The van der Waals surface area contributed by atoms with Crippen LogP contribution in [0.15, 0.2) is 71.6 Å². The summed E-state index contributed by atoms with van der Waals surface area (Å²) in [5.74, 6) is 1.32. The maximum Gasteiger partial charge on any atom is 0.240 e.